The summed E-state index contributed by atoms with van der Waals surface area (Å²) in [5.74, 6) is 0. The first-order valence-corrected chi connectivity index (χ1v) is 6.95. The maximum absolute atomic E-state index is 4.26. The smallest absolute Gasteiger partial charge is 0.0575 e. The third kappa shape index (κ3) is 2.82. The lowest BCUT2D eigenvalue weighted by Crippen LogP contribution is -2.08. The number of aromatic nitrogens is 2. The molecule has 0 saturated heterocycles. The summed E-state index contributed by atoms with van der Waals surface area (Å²) in [6.45, 7) is 3.83. The van der Waals surface area contributed by atoms with Gasteiger partial charge in [0.15, 0.2) is 0 Å². The van der Waals surface area contributed by atoms with Crippen LogP contribution >= 0.6 is 11.8 Å². The molecule has 1 aromatic carbocycles. The van der Waals surface area contributed by atoms with E-state index in [1.165, 1.54) is 16.3 Å². The van der Waals surface area contributed by atoms with Crippen LogP contribution in [0.4, 0.5) is 5.69 Å². The largest absolute Gasteiger partial charge is 0.378 e. The van der Waals surface area contributed by atoms with Gasteiger partial charge in [-0.3, -0.25) is 4.68 Å². The molecule has 0 amide bonds. The summed E-state index contributed by atoms with van der Waals surface area (Å²) in [5, 5.41) is 7.72. The molecule has 0 fully saturated rings. The minimum atomic E-state index is 0.811. The minimum absolute atomic E-state index is 0.811. The van der Waals surface area contributed by atoms with Gasteiger partial charge in [0.25, 0.3) is 0 Å². The quantitative estimate of drug-likeness (QED) is 0.823. The number of aryl methyl sites for hydroxylation is 1. The first kappa shape index (κ1) is 12.0. The number of thioether (sulfide) groups is 1. The molecule has 0 aliphatic rings. The van der Waals surface area contributed by atoms with E-state index in [2.05, 4.69) is 53.9 Å². The number of hydrogen-bond donors (Lipinski definition) is 1. The van der Waals surface area contributed by atoms with Crippen molar-refractivity contribution in [1.29, 1.82) is 0 Å². The molecule has 2 aromatic rings. The van der Waals surface area contributed by atoms with E-state index >= 15 is 0 Å². The van der Waals surface area contributed by atoms with Crippen molar-refractivity contribution in [3.05, 3.63) is 42.2 Å². The molecule has 1 heterocycles. The maximum Gasteiger partial charge on any atom is 0.0575 e. The fourth-order valence-electron chi connectivity index (χ4n) is 1.77. The lowest BCUT2D eigenvalue weighted by Gasteiger charge is -2.11. The van der Waals surface area contributed by atoms with Gasteiger partial charge in [-0.2, -0.15) is 5.10 Å². The van der Waals surface area contributed by atoms with E-state index in [-0.39, 0.29) is 0 Å². The van der Waals surface area contributed by atoms with Gasteiger partial charge in [-0.05, 0) is 31.4 Å². The topological polar surface area (TPSA) is 29.9 Å². The molecule has 0 aliphatic heterocycles. The van der Waals surface area contributed by atoms with Crippen molar-refractivity contribution >= 4 is 17.4 Å². The van der Waals surface area contributed by atoms with Gasteiger partial charge in [0.05, 0.1) is 12.2 Å². The number of benzene rings is 1. The molecular weight excluding hydrogens is 230 g/mol. The van der Waals surface area contributed by atoms with Gasteiger partial charge in [0.1, 0.15) is 0 Å². The van der Waals surface area contributed by atoms with Gasteiger partial charge in [-0.15, -0.1) is 11.8 Å². The Labute approximate surface area is 106 Å². The van der Waals surface area contributed by atoms with Crippen molar-refractivity contribution in [2.75, 3.05) is 11.6 Å². The van der Waals surface area contributed by atoms with Gasteiger partial charge < -0.3 is 5.32 Å². The van der Waals surface area contributed by atoms with E-state index in [0.29, 0.717) is 0 Å². The molecule has 0 spiro atoms. The zero-order valence-electron chi connectivity index (χ0n) is 10.2. The molecule has 17 heavy (non-hydrogen) atoms. The van der Waals surface area contributed by atoms with Crippen molar-refractivity contribution in [1.82, 2.24) is 9.78 Å². The van der Waals surface area contributed by atoms with Crippen LogP contribution in [0, 0.1) is 0 Å². The second-order valence-corrected chi connectivity index (χ2v) is 4.54. The fourth-order valence-corrected chi connectivity index (χ4v) is 2.35. The summed E-state index contributed by atoms with van der Waals surface area (Å²) in [5.41, 5.74) is 2.40. The van der Waals surface area contributed by atoms with Crippen molar-refractivity contribution in [2.45, 2.75) is 24.9 Å². The number of rotatable bonds is 5. The van der Waals surface area contributed by atoms with Crippen LogP contribution in [0.3, 0.4) is 0 Å². The standard InChI is InChI=1S/C13H17N3S/c1-3-16-11(8-9-15-16)10-14-12-6-4-5-7-13(12)17-2/h4-9,14H,3,10H2,1-2H3. The second-order valence-electron chi connectivity index (χ2n) is 3.69. The Morgan fingerprint density at radius 2 is 2.12 bits per heavy atom. The second kappa shape index (κ2) is 5.77. The Bertz CT molecular complexity index is 479. The van der Waals surface area contributed by atoms with Crippen LogP contribution in [0.5, 0.6) is 0 Å². The molecule has 0 aliphatic carbocycles. The summed E-state index contributed by atoms with van der Waals surface area (Å²) in [6, 6.07) is 10.4. The minimum Gasteiger partial charge on any atom is -0.378 e. The Kier molecular flexibility index (Phi) is 4.09. The third-order valence-corrected chi connectivity index (χ3v) is 3.47. The van der Waals surface area contributed by atoms with E-state index in [0.717, 1.165) is 13.1 Å². The summed E-state index contributed by atoms with van der Waals surface area (Å²) in [4.78, 5) is 1.27. The van der Waals surface area contributed by atoms with E-state index in [1.54, 1.807) is 11.8 Å². The van der Waals surface area contributed by atoms with Gasteiger partial charge in [0, 0.05) is 23.3 Å². The summed E-state index contributed by atoms with van der Waals surface area (Å²) < 4.78 is 2.01. The van der Waals surface area contributed by atoms with Crippen LogP contribution in [0.25, 0.3) is 0 Å². The Balaban J connectivity index is 2.07. The number of nitrogens with zero attached hydrogens (tertiary/aromatic N) is 2. The molecule has 1 N–H and O–H groups in total. The van der Waals surface area contributed by atoms with E-state index in [9.17, 15) is 0 Å². The van der Waals surface area contributed by atoms with Gasteiger partial charge in [-0.25, -0.2) is 0 Å². The molecule has 0 bridgehead atoms. The first-order chi connectivity index (χ1) is 8.35. The Morgan fingerprint density at radius 1 is 1.29 bits per heavy atom. The molecule has 90 valence electrons. The summed E-state index contributed by atoms with van der Waals surface area (Å²) in [7, 11) is 0. The predicted molar refractivity (Wildman–Crippen MR) is 73.5 cm³/mol. The zero-order chi connectivity index (χ0) is 12.1. The van der Waals surface area contributed by atoms with E-state index in [4.69, 9.17) is 0 Å². The van der Waals surface area contributed by atoms with E-state index in [1.807, 2.05) is 10.9 Å². The summed E-state index contributed by atoms with van der Waals surface area (Å²) >= 11 is 1.76. The highest BCUT2D eigenvalue weighted by Crippen LogP contribution is 2.24. The number of anilines is 1. The third-order valence-electron chi connectivity index (χ3n) is 2.67. The molecular formula is C13H17N3S. The monoisotopic (exact) mass is 247 g/mol. The van der Waals surface area contributed by atoms with Crippen LogP contribution in [0.15, 0.2) is 41.4 Å². The van der Waals surface area contributed by atoms with Gasteiger partial charge in [0.2, 0.25) is 0 Å². The van der Waals surface area contributed by atoms with Crippen LogP contribution in [-0.2, 0) is 13.1 Å². The molecule has 0 atom stereocenters. The van der Waals surface area contributed by atoms with Crippen LogP contribution in [-0.4, -0.2) is 16.0 Å². The van der Waals surface area contributed by atoms with Crippen molar-refractivity contribution in [3.8, 4) is 0 Å². The lowest BCUT2D eigenvalue weighted by molar-refractivity contribution is 0.627. The average molecular weight is 247 g/mol. The number of hydrogen-bond acceptors (Lipinski definition) is 3. The zero-order valence-corrected chi connectivity index (χ0v) is 11.0. The number of nitrogens with one attached hydrogen (secondary N) is 1. The highest BCUT2D eigenvalue weighted by Gasteiger charge is 2.02. The van der Waals surface area contributed by atoms with Gasteiger partial charge >= 0.3 is 0 Å². The molecule has 1 aromatic heterocycles. The number of para-hydroxylation sites is 1. The molecule has 0 unspecified atom stereocenters. The van der Waals surface area contributed by atoms with Crippen LogP contribution in [0.2, 0.25) is 0 Å². The maximum atomic E-state index is 4.26. The first-order valence-electron chi connectivity index (χ1n) is 5.72. The summed E-state index contributed by atoms with van der Waals surface area (Å²) in [6.07, 6.45) is 3.94. The van der Waals surface area contributed by atoms with Crippen molar-refractivity contribution < 1.29 is 0 Å². The Hall–Kier alpha value is -1.42. The van der Waals surface area contributed by atoms with Crippen LogP contribution in [0.1, 0.15) is 12.6 Å². The average Bonchev–Trinajstić information content (AvgIpc) is 2.84. The molecule has 0 radical (unpaired) electrons. The van der Waals surface area contributed by atoms with Gasteiger partial charge in [-0.1, -0.05) is 12.1 Å². The highest BCUT2D eigenvalue weighted by atomic mass is 32.2. The van der Waals surface area contributed by atoms with Crippen molar-refractivity contribution in [2.24, 2.45) is 0 Å². The molecule has 3 nitrogen and oxygen atoms in total. The van der Waals surface area contributed by atoms with E-state index < -0.39 is 0 Å². The molecule has 4 heteroatoms. The van der Waals surface area contributed by atoms with Crippen molar-refractivity contribution in [3.63, 3.8) is 0 Å². The predicted octanol–water partition coefficient (Wildman–Crippen LogP) is 3.24. The normalized spacial score (nSPS) is 10.5. The Morgan fingerprint density at radius 3 is 2.88 bits per heavy atom. The fraction of sp³-hybridized carbons (Fsp3) is 0.308. The molecule has 2 rings (SSSR count). The molecule has 0 saturated carbocycles. The highest BCUT2D eigenvalue weighted by molar-refractivity contribution is 7.98. The van der Waals surface area contributed by atoms with Crippen LogP contribution < -0.4 is 5.32 Å². The SMILES string of the molecule is CCn1nccc1CNc1ccccc1SC. The lowest BCUT2D eigenvalue weighted by atomic mass is 10.3.